The van der Waals surface area contributed by atoms with Crippen LogP contribution in [0.4, 0.5) is 0 Å². The minimum Gasteiger partial charge on any atom is -0.726 e. The maximum absolute atomic E-state index is 9.45. The Kier molecular flexibility index (Phi) is 21.5. The summed E-state index contributed by atoms with van der Waals surface area (Å²) in [4.78, 5) is 0. The highest BCUT2D eigenvalue weighted by Crippen LogP contribution is 2.10. The number of allylic oxidation sites excluding steroid dienone is 2. The van der Waals surface area contributed by atoms with Crippen LogP contribution in [0.1, 0.15) is 110 Å². The van der Waals surface area contributed by atoms with E-state index in [1.54, 1.807) is 0 Å². The fourth-order valence-corrected chi connectivity index (χ4v) is 4.17. The molecule has 1 heterocycles. The predicted octanol–water partition coefficient (Wildman–Crippen LogP) is 5.46. The normalized spacial score (nSPS) is 11.7. The van der Waals surface area contributed by atoms with Crippen molar-refractivity contribution in [2.24, 2.45) is 0 Å². The van der Waals surface area contributed by atoms with Crippen molar-refractivity contribution in [3.05, 3.63) is 30.4 Å². The van der Waals surface area contributed by atoms with Gasteiger partial charge in [-0.3, -0.25) is 4.18 Å². The number of aliphatic hydroxyl groups excluding tert-OH is 1. The van der Waals surface area contributed by atoms with Gasteiger partial charge < -0.3 is 9.66 Å². The standard InChI is InChI=1S/C24H45N2O.C2H6O4S/c1-3-5-6-7-8-9-10-11-12-13-14-15-16-17-18-19-24-25(4-2)20-21-26(24)22-23-27;1-2-6-7(3,4)5/h11-12,20-21,27H,3-10,13-19,22-23H2,1-2H3;2H2,1H3,(H,3,4,5)/q+1;/p-1/b12-11+;. The number of hydrogen-bond acceptors (Lipinski definition) is 5. The van der Waals surface area contributed by atoms with E-state index in [2.05, 4.69) is 51.7 Å². The van der Waals surface area contributed by atoms with E-state index in [0.29, 0.717) is 6.54 Å². The van der Waals surface area contributed by atoms with Crippen molar-refractivity contribution in [3.8, 4) is 0 Å². The highest BCUT2D eigenvalue weighted by Gasteiger charge is 2.14. The van der Waals surface area contributed by atoms with Gasteiger partial charge in [-0.15, -0.1) is 0 Å². The molecule has 1 aromatic heterocycles. The molecule has 0 saturated heterocycles. The summed E-state index contributed by atoms with van der Waals surface area (Å²) in [7, 11) is -4.42. The van der Waals surface area contributed by atoms with Gasteiger partial charge in [0.1, 0.15) is 18.9 Å². The van der Waals surface area contributed by atoms with Crippen molar-refractivity contribution in [1.29, 1.82) is 0 Å². The molecule has 8 heteroatoms. The second-order valence-corrected chi connectivity index (χ2v) is 9.62. The average Bonchev–Trinajstić information content (AvgIpc) is 3.18. The first-order valence-corrected chi connectivity index (χ1v) is 14.7. The zero-order valence-electron chi connectivity index (χ0n) is 21.9. The Balaban J connectivity index is 0.00000135. The second kappa shape index (κ2) is 22.3. The third-order valence-electron chi connectivity index (χ3n) is 5.70. The van der Waals surface area contributed by atoms with Gasteiger partial charge in [0.15, 0.2) is 0 Å². The summed E-state index contributed by atoms with van der Waals surface area (Å²) in [5.74, 6) is 1.36. The number of nitrogens with zero attached hydrogens (tertiary/aromatic N) is 2. The highest BCUT2D eigenvalue weighted by molar-refractivity contribution is 7.80. The number of hydrogen-bond donors (Lipinski definition) is 1. The van der Waals surface area contributed by atoms with Gasteiger partial charge in [0, 0.05) is 6.42 Å². The molecule has 0 radical (unpaired) electrons. The van der Waals surface area contributed by atoms with Gasteiger partial charge in [-0.1, -0.05) is 70.4 Å². The van der Waals surface area contributed by atoms with E-state index in [4.69, 9.17) is 0 Å². The van der Waals surface area contributed by atoms with Crippen LogP contribution in [0.25, 0.3) is 0 Å². The molecule has 0 unspecified atom stereocenters. The number of imidazole rings is 1. The van der Waals surface area contributed by atoms with Crippen molar-refractivity contribution in [3.63, 3.8) is 0 Å². The predicted molar refractivity (Wildman–Crippen MR) is 137 cm³/mol. The van der Waals surface area contributed by atoms with Gasteiger partial charge in [0.05, 0.1) is 19.8 Å². The fourth-order valence-electron chi connectivity index (χ4n) is 3.88. The molecule has 0 amide bonds. The summed E-state index contributed by atoms with van der Waals surface area (Å²) < 4.78 is 36.5. The molecule has 0 aliphatic carbocycles. The third kappa shape index (κ3) is 19.1. The molecule has 0 fully saturated rings. The van der Waals surface area contributed by atoms with Crippen LogP contribution >= 0.6 is 0 Å². The molecule has 0 bridgehead atoms. The van der Waals surface area contributed by atoms with E-state index in [1.807, 2.05) is 0 Å². The van der Waals surface area contributed by atoms with Crippen LogP contribution in [0, 0.1) is 0 Å². The van der Waals surface area contributed by atoms with E-state index < -0.39 is 10.4 Å². The maximum Gasteiger partial charge on any atom is 0.256 e. The molecule has 0 saturated carbocycles. The first-order chi connectivity index (χ1) is 16.4. The quantitative estimate of drug-likeness (QED) is 0.0839. The molecule has 0 atom stereocenters. The van der Waals surface area contributed by atoms with Crippen LogP contribution in [0.3, 0.4) is 0 Å². The SMILES string of the molecule is CCCCCCCC/C=C/CCCCCCCc1n(CC)cc[n+]1CCO.CCOS(=O)(=O)[O-]. The summed E-state index contributed by atoms with van der Waals surface area (Å²) in [6.45, 7) is 7.75. The van der Waals surface area contributed by atoms with Gasteiger partial charge in [0.2, 0.25) is 10.4 Å². The molecule has 1 aromatic rings. The number of rotatable bonds is 20. The summed E-state index contributed by atoms with van der Waals surface area (Å²) in [5, 5.41) is 9.19. The van der Waals surface area contributed by atoms with Crippen LogP contribution < -0.4 is 4.57 Å². The largest absolute Gasteiger partial charge is 0.726 e. The molecule has 7 nitrogen and oxygen atoms in total. The lowest BCUT2D eigenvalue weighted by atomic mass is 10.1. The van der Waals surface area contributed by atoms with E-state index in [9.17, 15) is 18.1 Å². The highest BCUT2D eigenvalue weighted by atomic mass is 32.3. The lowest BCUT2D eigenvalue weighted by Crippen LogP contribution is -2.38. The Bertz CT molecular complexity index is 717. The summed E-state index contributed by atoms with van der Waals surface area (Å²) in [6, 6.07) is 0. The smallest absolute Gasteiger partial charge is 0.256 e. The van der Waals surface area contributed by atoms with E-state index >= 15 is 0 Å². The number of aryl methyl sites for hydroxylation is 1. The van der Waals surface area contributed by atoms with Crippen LogP contribution in [-0.4, -0.2) is 35.9 Å². The molecule has 200 valence electrons. The van der Waals surface area contributed by atoms with E-state index in [-0.39, 0.29) is 13.2 Å². The number of aliphatic hydroxyl groups is 1. The molecule has 0 aromatic carbocycles. The molecule has 34 heavy (non-hydrogen) atoms. The Labute approximate surface area is 209 Å². The zero-order chi connectivity index (χ0) is 25.5. The Morgan fingerprint density at radius 3 is 1.97 bits per heavy atom. The van der Waals surface area contributed by atoms with Crippen molar-refractivity contribution < 1.29 is 26.8 Å². The van der Waals surface area contributed by atoms with Gasteiger partial charge in [0.25, 0.3) is 5.82 Å². The van der Waals surface area contributed by atoms with Crippen molar-refractivity contribution >= 4 is 10.4 Å². The Hall–Kier alpha value is -1.22. The van der Waals surface area contributed by atoms with Gasteiger partial charge >= 0.3 is 0 Å². The Morgan fingerprint density at radius 1 is 0.941 bits per heavy atom. The summed E-state index contributed by atoms with van der Waals surface area (Å²) in [5.41, 5.74) is 0. The molecule has 1 rings (SSSR count). The second-order valence-electron chi connectivity index (χ2n) is 8.57. The fraction of sp³-hybridized carbons (Fsp3) is 0.808. The van der Waals surface area contributed by atoms with E-state index in [1.165, 1.54) is 96.2 Å². The summed E-state index contributed by atoms with van der Waals surface area (Å²) >= 11 is 0. The molecular formula is C26H50N2O5S. The Morgan fingerprint density at radius 2 is 1.50 bits per heavy atom. The first-order valence-electron chi connectivity index (χ1n) is 13.3. The number of unbranched alkanes of at least 4 members (excludes halogenated alkanes) is 11. The van der Waals surface area contributed by atoms with Crippen molar-refractivity contribution in [2.75, 3.05) is 13.2 Å². The first kappa shape index (κ1) is 32.8. The van der Waals surface area contributed by atoms with E-state index in [0.717, 1.165) is 13.0 Å². The molecule has 1 N–H and O–H groups in total. The van der Waals surface area contributed by atoms with Crippen LogP contribution in [0.2, 0.25) is 0 Å². The lowest BCUT2D eigenvalue weighted by molar-refractivity contribution is -0.705. The summed E-state index contributed by atoms with van der Waals surface area (Å²) in [6.07, 6.45) is 27.7. The minimum atomic E-state index is -4.42. The topological polar surface area (TPSA) is 95.5 Å². The number of aromatic nitrogens is 2. The lowest BCUT2D eigenvalue weighted by Gasteiger charge is -2.03. The van der Waals surface area contributed by atoms with Crippen LogP contribution in [0.5, 0.6) is 0 Å². The third-order valence-corrected chi connectivity index (χ3v) is 6.22. The zero-order valence-corrected chi connectivity index (χ0v) is 22.7. The average molecular weight is 503 g/mol. The molecule has 0 aliphatic rings. The van der Waals surface area contributed by atoms with Crippen LogP contribution in [0.15, 0.2) is 24.5 Å². The molecule has 0 aliphatic heterocycles. The maximum atomic E-state index is 9.45. The molecule has 0 spiro atoms. The van der Waals surface area contributed by atoms with Crippen molar-refractivity contribution in [2.45, 2.75) is 124 Å². The van der Waals surface area contributed by atoms with Crippen molar-refractivity contribution in [1.82, 2.24) is 4.57 Å². The monoisotopic (exact) mass is 502 g/mol. The van der Waals surface area contributed by atoms with Gasteiger partial charge in [-0.05, 0) is 46.0 Å². The van der Waals surface area contributed by atoms with Gasteiger partial charge in [-0.2, -0.15) is 0 Å². The molecular weight excluding hydrogens is 452 g/mol. The van der Waals surface area contributed by atoms with Crippen LogP contribution in [-0.2, 0) is 34.1 Å². The minimum absolute atomic E-state index is 0.0914. The van der Waals surface area contributed by atoms with Gasteiger partial charge in [-0.25, -0.2) is 17.6 Å².